The summed E-state index contributed by atoms with van der Waals surface area (Å²) < 4.78 is 0. The summed E-state index contributed by atoms with van der Waals surface area (Å²) in [7, 11) is 0. The van der Waals surface area contributed by atoms with Crippen molar-refractivity contribution in [2.24, 2.45) is 5.92 Å². The standard InChI is InChI=1S/C25H33N3O4/c1-19(16-27-25(32)28-17-21-10-6-3-7-11-21)12-15-24(31)26-18-23(30)22(29)14-13-20-8-4-2-5-9-20/h2-11,19,22,29H,12-18H2,1H3,(H,26,31)(H2,27,28,32). The second-order valence-corrected chi connectivity index (χ2v) is 7.98. The third-order valence-corrected chi connectivity index (χ3v) is 5.15. The first-order valence-electron chi connectivity index (χ1n) is 11.0. The molecule has 0 saturated heterocycles. The van der Waals surface area contributed by atoms with Gasteiger partial charge in [0, 0.05) is 19.5 Å². The number of ketones is 1. The molecule has 0 aliphatic carbocycles. The Morgan fingerprint density at radius 3 is 2.12 bits per heavy atom. The van der Waals surface area contributed by atoms with Gasteiger partial charge in [0.2, 0.25) is 5.91 Å². The van der Waals surface area contributed by atoms with Crippen LogP contribution in [0.5, 0.6) is 0 Å². The van der Waals surface area contributed by atoms with Crippen LogP contribution in [0.3, 0.4) is 0 Å². The second kappa shape index (κ2) is 14.0. The lowest BCUT2D eigenvalue weighted by molar-refractivity contribution is -0.129. The van der Waals surface area contributed by atoms with Gasteiger partial charge in [-0.25, -0.2) is 4.79 Å². The summed E-state index contributed by atoms with van der Waals surface area (Å²) in [5.74, 6) is -0.525. The molecule has 2 rings (SSSR count). The average molecular weight is 440 g/mol. The van der Waals surface area contributed by atoms with Gasteiger partial charge in [0.05, 0.1) is 6.54 Å². The largest absolute Gasteiger partial charge is 0.385 e. The minimum atomic E-state index is -1.09. The maximum Gasteiger partial charge on any atom is 0.315 e. The van der Waals surface area contributed by atoms with Gasteiger partial charge in [-0.2, -0.15) is 0 Å². The fourth-order valence-corrected chi connectivity index (χ4v) is 3.09. The monoisotopic (exact) mass is 439 g/mol. The number of aryl methyl sites for hydroxylation is 1. The Morgan fingerprint density at radius 1 is 0.844 bits per heavy atom. The predicted molar refractivity (Wildman–Crippen MR) is 124 cm³/mol. The second-order valence-electron chi connectivity index (χ2n) is 7.98. The highest BCUT2D eigenvalue weighted by molar-refractivity contribution is 5.88. The number of amides is 3. The molecule has 32 heavy (non-hydrogen) atoms. The number of benzene rings is 2. The number of rotatable bonds is 13. The van der Waals surface area contributed by atoms with Crippen molar-refractivity contribution in [1.29, 1.82) is 0 Å². The summed E-state index contributed by atoms with van der Waals surface area (Å²) in [6.45, 7) is 2.67. The zero-order valence-corrected chi connectivity index (χ0v) is 18.5. The summed E-state index contributed by atoms with van der Waals surface area (Å²) in [5.41, 5.74) is 2.08. The molecule has 0 bridgehead atoms. The van der Waals surface area contributed by atoms with Gasteiger partial charge in [-0.3, -0.25) is 9.59 Å². The number of Topliss-reactive ketones (excluding diaryl/α,β-unsaturated/α-hetero) is 1. The maximum absolute atomic E-state index is 12.0. The third kappa shape index (κ3) is 10.2. The van der Waals surface area contributed by atoms with Crippen LogP contribution in [0.15, 0.2) is 60.7 Å². The number of hydrogen-bond acceptors (Lipinski definition) is 4. The van der Waals surface area contributed by atoms with Crippen LogP contribution < -0.4 is 16.0 Å². The van der Waals surface area contributed by atoms with E-state index in [0.717, 1.165) is 11.1 Å². The van der Waals surface area contributed by atoms with Crippen molar-refractivity contribution in [2.45, 2.75) is 45.3 Å². The summed E-state index contributed by atoms with van der Waals surface area (Å²) in [6.07, 6.45) is 0.670. The van der Waals surface area contributed by atoms with E-state index in [1.807, 2.05) is 67.6 Å². The van der Waals surface area contributed by atoms with Crippen LogP contribution >= 0.6 is 0 Å². The molecule has 2 aromatic rings. The molecule has 7 nitrogen and oxygen atoms in total. The number of aliphatic hydroxyl groups excluding tert-OH is 1. The van der Waals surface area contributed by atoms with Crippen LogP contribution in [-0.4, -0.2) is 42.0 Å². The van der Waals surface area contributed by atoms with Crippen LogP contribution in [0, 0.1) is 5.92 Å². The van der Waals surface area contributed by atoms with E-state index in [0.29, 0.717) is 32.4 Å². The van der Waals surface area contributed by atoms with Gasteiger partial charge < -0.3 is 21.1 Å². The Morgan fingerprint density at radius 2 is 1.47 bits per heavy atom. The molecular formula is C25H33N3O4. The molecule has 2 atom stereocenters. The molecule has 0 saturated carbocycles. The average Bonchev–Trinajstić information content (AvgIpc) is 2.83. The van der Waals surface area contributed by atoms with E-state index >= 15 is 0 Å². The molecule has 7 heteroatoms. The predicted octanol–water partition coefficient (Wildman–Crippen LogP) is 2.58. The molecule has 3 amide bonds. The van der Waals surface area contributed by atoms with Crippen molar-refractivity contribution in [2.75, 3.05) is 13.1 Å². The van der Waals surface area contributed by atoms with Gasteiger partial charge in [0.15, 0.2) is 5.78 Å². The van der Waals surface area contributed by atoms with Crippen molar-refractivity contribution in [3.8, 4) is 0 Å². The molecular weight excluding hydrogens is 406 g/mol. The molecule has 0 spiro atoms. The van der Waals surface area contributed by atoms with Crippen LogP contribution in [0.1, 0.15) is 37.3 Å². The van der Waals surface area contributed by atoms with Gasteiger partial charge in [0.25, 0.3) is 0 Å². The number of nitrogens with one attached hydrogen (secondary N) is 3. The van der Waals surface area contributed by atoms with Crippen molar-refractivity contribution < 1.29 is 19.5 Å². The zero-order chi connectivity index (χ0) is 23.2. The first-order chi connectivity index (χ1) is 15.4. The number of hydrogen-bond donors (Lipinski definition) is 4. The van der Waals surface area contributed by atoms with Gasteiger partial charge in [-0.05, 0) is 36.3 Å². The Balaban J connectivity index is 1.54. The summed E-state index contributed by atoms with van der Waals surface area (Å²) in [4.78, 5) is 35.9. The quantitative estimate of drug-likeness (QED) is 0.385. The van der Waals surface area contributed by atoms with Gasteiger partial charge in [0.1, 0.15) is 6.10 Å². The van der Waals surface area contributed by atoms with Gasteiger partial charge in [-0.1, -0.05) is 67.6 Å². The van der Waals surface area contributed by atoms with E-state index in [1.165, 1.54) is 0 Å². The van der Waals surface area contributed by atoms with E-state index < -0.39 is 6.10 Å². The number of carbonyl (C=O) groups is 3. The Hall–Kier alpha value is -3.19. The van der Waals surface area contributed by atoms with E-state index in [4.69, 9.17) is 0 Å². The van der Waals surface area contributed by atoms with E-state index in [9.17, 15) is 19.5 Å². The lowest BCUT2D eigenvalue weighted by Crippen LogP contribution is -2.38. The molecule has 172 valence electrons. The number of urea groups is 1. The molecule has 0 radical (unpaired) electrons. The van der Waals surface area contributed by atoms with Crippen molar-refractivity contribution in [3.63, 3.8) is 0 Å². The lowest BCUT2D eigenvalue weighted by atomic mass is 10.0. The van der Waals surface area contributed by atoms with E-state index in [1.54, 1.807) is 0 Å². The Kier molecular flexibility index (Phi) is 11.0. The van der Waals surface area contributed by atoms with Crippen LogP contribution in [0.25, 0.3) is 0 Å². The first-order valence-corrected chi connectivity index (χ1v) is 11.0. The van der Waals surface area contributed by atoms with Crippen molar-refractivity contribution in [1.82, 2.24) is 16.0 Å². The van der Waals surface area contributed by atoms with E-state index in [-0.39, 0.29) is 36.6 Å². The molecule has 0 aromatic heterocycles. The highest BCUT2D eigenvalue weighted by atomic mass is 16.3. The molecule has 2 aromatic carbocycles. The SMILES string of the molecule is CC(CCC(=O)NCC(=O)C(O)CCc1ccccc1)CNC(=O)NCc1ccccc1. The van der Waals surface area contributed by atoms with Crippen LogP contribution in [0.2, 0.25) is 0 Å². The molecule has 4 N–H and O–H groups in total. The summed E-state index contributed by atoms with van der Waals surface area (Å²) in [6, 6.07) is 19.0. The third-order valence-electron chi connectivity index (χ3n) is 5.15. The number of aliphatic hydroxyl groups is 1. The minimum Gasteiger partial charge on any atom is -0.385 e. The van der Waals surface area contributed by atoms with Crippen LogP contribution in [0.4, 0.5) is 4.79 Å². The minimum absolute atomic E-state index is 0.107. The molecule has 0 heterocycles. The molecule has 2 unspecified atom stereocenters. The number of carbonyl (C=O) groups excluding carboxylic acids is 3. The molecule has 0 fully saturated rings. The zero-order valence-electron chi connectivity index (χ0n) is 18.5. The molecule has 0 aliphatic rings. The summed E-state index contributed by atoms with van der Waals surface area (Å²) in [5, 5.41) is 18.2. The Bertz CT molecular complexity index is 843. The van der Waals surface area contributed by atoms with Gasteiger partial charge in [-0.15, -0.1) is 0 Å². The normalized spacial score (nSPS) is 12.4. The Labute approximate surface area is 189 Å². The summed E-state index contributed by atoms with van der Waals surface area (Å²) >= 11 is 0. The highest BCUT2D eigenvalue weighted by Gasteiger charge is 2.16. The smallest absolute Gasteiger partial charge is 0.315 e. The van der Waals surface area contributed by atoms with E-state index in [2.05, 4.69) is 16.0 Å². The van der Waals surface area contributed by atoms with Gasteiger partial charge >= 0.3 is 6.03 Å². The molecule has 0 aliphatic heterocycles. The van der Waals surface area contributed by atoms with Crippen molar-refractivity contribution >= 4 is 17.7 Å². The topological polar surface area (TPSA) is 108 Å². The fraction of sp³-hybridized carbons (Fsp3) is 0.400. The fourth-order valence-electron chi connectivity index (χ4n) is 3.09. The first kappa shape index (κ1) is 25.1. The van der Waals surface area contributed by atoms with Crippen LogP contribution in [-0.2, 0) is 22.6 Å². The maximum atomic E-state index is 12.0. The van der Waals surface area contributed by atoms with Crippen molar-refractivity contribution in [3.05, 3.63) is 71.8 Å². The highest BCUT2D eigenvalue weighted by Crippen LogP contribution is 2.06. The lowest BCUT2D eigenvalue weighted by Gasteiger charge is -2.14.